The van der Waals surface area contributed by atoms with Crippen LogP contribution in [0.5, 0.6) is 5.75 Å². The molecule has 0 radical (unpaired) electrons. The summed E-state index contributed by atoms with van der Waals surface area (Å²) in [6.45, 7) is 2.14. The first-order valence-electron chi connectivity index (χ1n) is 8.68. The summed E-state index contributed by atoms with van der Waals surface area (Å²) in [6.07, 6.45) is 5.07. The number of aromatic nitrogens is 2. The topological polar surface area (TPSA) is 58.6 Å². The zero-order chi connectivity index (χ0) is 18.5. The van der Waals surface area contributed by atoms with E-state index in [-0.39, 0.29) is 12.0 Å². The van der Waals surface area contributed by atoms with Crippen LogP contribution in [-0.4, -0.2) is 65.5 Å². The summed E-state index contributed by atoms with van der Waals surface area (Å²) in [5, 5.41) is 0.631. The van der Waals surface area contributed by atoms with E-state index >= 15 is 0 Å². The first kappa shape index (κ1) is 18.6. The summed E-state index contributed by atoms with van der Waals surface area (Å²) in [4.78, 5) is 23.9. The highest BCUT2D eigenvalue weighted by Crippen LogP contribution is 2.33. The van der Waals surface area contributed by atoms with Crippen LogP contribution in [0.4, 0.5) is 0 Å². The van der Waals surface area contributed by atoms with Gasteiger partial charge in [-0.05, 0) is 37.1 Å². The summed E-state index contributed by atoms with van der Waals surface area (Å²) in [6, 6.07) is 7.44. The second-order valence-corrected chi connectivity index (χ2v) is 7.05. The van der Waals surface area contributed by atoms with Crippen LogP contribution in [0.25, 0.3) is 11.3 Å². The Labute approximate surface area is 158 Å². The molecule has 26 heavy (non-hydrogen) atoms. The SMILES string of the molecule is CN(C)C(=O)CN1CCC(Oc2cc(Cl)ccc2-c2ccncn2)CC1. The molecule has 0 atom stereocenters. The normalized spacial score (nSPS) is 15.7. The van der Waals surface area contributed by atoms with Crippen molar-refractivity contribution in [2.24, 2.45) is 0 Å². The number of likely N-dealkylation sites (N-methyl/N-ethyl adjacent to an activating group) is 1. The van der Waals surface area contributed by atoms with Gasteiger partial charge in [-0.25, -0.2) is 9.97 Å². The monoisotopic (exact) mass is 374 g/mol. The fourth-order valence-electron chi connectivity index (χ4n) is 2.95. The second-order valence-electron chi connectivity index (χ2n) is 6.62. The highest BCUT2D eigenvalue weighted by molar-refractivity contribution is 6.30. The Bertz CT molecular complexity index is 746. The average Bonchev–Trinajstić information content (AvgIpc) is 2.64. The number of hydrogen-bond donors (Lipinski definition) is 0. The number of nitrogens with zero attached hydrogens (tertiary/aromatic N) is 4. The van der Waals surface area contributed by atoms with Gasteiger partial charge in [-0.15, -0.1) is 0 Å². The molecule has 7 heteroatoms. The van der Waals surface area contributed by atoms with Gasteiger partial charge in [0.05, 0.1) is 12.2 Å². The molecule has 1 saturated heterocycles. The molecule has 0 unspecified atom stereocenters. The van der Waals surface area contributed by atoms with Gasteiger partial charge in [0.2, 0.25) is 5.91 Å². The molecule has 1 aliphatic heterocycles. The van der Waals surface area contributed by atoms with Crippen molar-refractivity contribution in [1.82, 2.24) is 19.8 Å². The molecule has 3 rings (SSSR count). The molecule has 1 aromatic carbocycles. The summed E-state index contributed by atoms with van der Waals surface area (Å²) in [5.74, 6) is 0.865. The van der Waals surface area contributed by atoms with E-state index in [2.05, 4.69) is 14.9 Å². The molecule has 0 bridgehead atoms. The Balaban J connectivity index is 1.65. The van der Waals surface area contributed by atoms with Crippen molar-refractivity contribution in [3.63, 3.8) is 0 Å². The third-order valence-electron chi connectivity index (χ3n) is 4.49. The molecule has 6 nitrogen and oxygen atoms in total. The number of ether oxygens (including phenoxy) is 1. The molecular formula is C19H23ClN4O2. The standard InChI is InChI=1S/C19H23ClN4O2/c1-23(2)19(25)12-24-9-6-15(7-10-24)26-18-11-14(20)3-4-16(18)17-5-8-21-13-22-17/h3-5,8,11,13,15H,6-7,9-10,12H2,1-2H3. The van der Waals surface area contributed by atoms with E-state index in [0.717, 1.165) is 42.9 Å². The van der Waals surface area contributed by atoms with Crippen molar-refractivity contribution < 1.29 is 9.53 Å². The van der Waals surface area contributed by atoms with Crippen LogP contribution in [0, 0.1) is 0 Å². The van der Waals surface area contributed by atoms with Crippen LogP contribution in [0.2, 0.25) is 5.02 Å². The Morgan fingerprint density at radius 2 is 2.08 bits per heavy atom. The van der Waals surface area contributed by atoms with E-state index in [1.807, 2.05) is 24.3 Å². The minimum Gasteiger partial charge on any atom is -0.490 e. The maximum Gasteiger partial charge on any atom is 0.236 e. The lowest BCUT2D eigenvalue weighted by atomic mass is 10.1. The molecular weight excluding hydrogens is 352 g/mol. The number of carbonyl (C=O) groups excluding carboxylic acids is 1. The molecule has 0 aliphatic carbocycles. The summed E-state index contributed by atoms with van der Waals surface area (Å²) >= 11 is 6.17. The molecule has 1 aromatic heterocycles. The smallest absolute Gasteiger partial charge is 0.236 e. The third-order valence-corrected chi connectivity index (χ3v) is 4.72. The number of piperidine rings is 1. The van der Waals surface area contributed by atoms with Gasteiger partial charge >= 0.3 is 0 Å². The quantitative estimate of drug-likeness (QED) is 0.805. The number of likely N-dealkylation sites (tertiary alicyclic amines) is 1. The molecule has 1 aliphatic rings. The molecule has 0 spiro atoms. The first-order chi connectivity index (χ1) is 12.5. The van der Waals surface area contributed by atoms with E-state index in [4.69, 9.17) is 16.3 Å². The molecule has 0 saturated carbocycles. The van der Waals surface area contributed by atoms with Gasteiger partial charge in [0.1, 0.15) is 18.2 Å². The van der Waals surface area contributed by atoms with Crippen LogP contribution in [0.15, 0.2) is 36.8 Å². The van der Waals surface area contributed by atoms with Crippen LogP contribution in [0.1, 0.15) is 12.8 Å². The lowest BCUT2D eigenvalue weighted by molar-refractivity contribution is -0.130. The predicted molar refractivity (Wildman–Crippen MR) is 101 cm³/mol. The fraction of sp³-hybridized carbons (Fsp3) is 0.421. The highest BCUT2D eigenvalue weighted by Gasteiger charge is 2.23. The molecule has 1 fully saturated rings. The average molecular weight is 375 g/mol. The Hall–Kier alpha value is -2.18. The minimum atomic E-state index is 0.0970. The van der Waals surface area contributed by atoms with Gasteiger partial charge in [0.15, 0.2) is 0 Å². The molecule has 138 valence electrons. The Morgan fingerprint density at radius 1 is 1.31 bits per heavy atom. The number of halogens is 1. The molecule has 1 amide bonds. The van der Waals surface area contributed by atoms with Crippen molar-refractivity contribution in [3.05, 3.63) is 41.8 Å². The summed E-state index contributed by atoms with van der Waals surface area (Å²) < 4.78 is 6.26. The van der Waals surface area contributed by atoms with Crippen molar-refractivity contribution in [1.29, 1.82) is 0 Å². The molecule has 2 heterocycles. The van der Waals surface area contributed by atoms with Gasteiger partial charge in [-0.2, -0.15) is 0 Å². The van der Waals surface area contributed by atoms with Crippen molar-refractivity contribution in [2.75, 3.05) is 33.7 Å². The zero-order valence-electron chi connectivity index (χ0n) is 15.1. The van der Waals surface area contributed by atoms with Crippen molar-refractivity contribution >= 4 is 17.5 Å². The van der Waals surface area contributed by atoms with Gasteiger partial charge in [-0.1, -0.05) is 11.6 Å². The van der Waals surface area contributed by atoms with Gasteiger partial charge in [0, 0.05) is 44.0 Å². The lowest BCUT2D eigenvalue weighted by Crippen LogP contribution is -2.43. The van der Waals surface area contributed by atoms with Gasteiger partial charge < -0.3 is 9.64 Å². The van der Waals surface area contributed by atoms with E-state index in [9.17, 15) is 4.79 Å². The molecule has 0 N–H and O–H groups in total. The second kappa shape index (κ2) is 8.47. The van der Waals surface area contributed by atoms with Crippen LogP contribution < -0.4 is 4.74 Å². The van der Waals surface area contributed by atoms with Gasteiger partial charge in [0.25, 0.3) is 0 Å². The lowest BCUT2D eigenvalue weighted by Gasteiger charge is -2.32. The Kier molecular flexibility index (Phi) is 6.06. The highest BCUT2D eigenvalue weighted by atomic mass is 35.5. The summed E-state index contributed by atoms with van der Waals surface area (Å²) in [5.41, 5.74) is 1.71. The van der Waals surface area contributed by atoms with Gasteiger partial charge in [-0.3, -0.25) is 9.69 Å². The van der Waals surface area contributed by atoms with Crippen LogP contribution in [0.3, 0.4) is 0 Å². The number of hydrogen-bond acceptors (Lipinski definition) is 5. The maximum absolute atomic E-state index is 11.8. The third kappa shape index (κ3) is 4.71. The molecule has 2 aromatic rings. The fourth-order valence-corrected chi connectivity index (χ4v) is 3.11. The van der Waals surface area contributed by atoms with E-state index < -0.39 is 0 Å². The van der Waals surface area contributed by atoms with Crippen molar-refractivity contribution in [2.45, 2.75) is 18.9 Å². The van der Waals surface area contributed by atoms with Crippen molar-refractivity contribution in [3.8, 4) is 17.0 Å². The maximum atomic E-state index is 11.8. The van der Waals surface area contributed by atoms with E-state index in [1.54, 1.807) is 25.2 Å². The van der Waals surface area contributed by atoms with Crippen LogP contribution >= 0.6 is 11.6 Å². The van der Waals surface area contributed by atoms with Crippen LogP contribution in [-0.2, 0) is 4.79 Å². The number of benzene rings is 1. The van der Waals surface area contributed by atoms with E-state index in [1.165, 1.54) is 6.33 Å². The summed E-state index contributed by atoms with van der Waals surface area (Å²) in [7, 11) is 3.57. The number of carbonyl (C=O) groups is 1. The number of rotatable bonds is 5. The number of amides is 1. The largest absolute Gasteiger partial charge is 0.490 e. The van der Waals surface area contributed by atoms with E-state index in [0.29, 0.717) is 11.6 Å². The Morgan fingerprint density at radius 3 is 2.73 bits per heavy atom. The predicted octanol–water partition coefficient (Wildman–Crippen LogP) is 2.73. The first-order valence-corrected chi connectivity index (χ1v) is 9.06. The zero-order valence-corrected chi connectivity index (χ0v) is 15.8. The minimum absolute atomic E-state index is 0.0970.